The Labute approximate surface area is 78.6 Å². The second-order valence-electron chi connectivity index (χ2n) is 2.34. The van der Waals surface area contributed by atoms with Gasteiger partial charge in [0.25, 0.3) is 5.78 Å². The van der Waals surface area contributed by atoms with Gasteiger partial charge in [0, 0.05) is 6.20 Å². The molecular formula is C7H4ClN5. The summed E-state index contributed by atoms with van der Waals surface area (Å²) in [6, 6.07) is 3.51. The number of fused-ring (bicyclic) bond motifs is 1. The van der Waals surface area contributed by atoms with E-state index in [2.05, 4.69) is 15.2 Å². The molecule has 0 spiro atoms. The number of alkyl halides is 1. The molecule has 0 saturated carbocycles. The van der Waals surface area contributed by atoms with Crippen molar-refractivity contribution in [2.24, 2.45) is 0 Å². The van der Waals surface area contributed by atoms with Gasteiger partial charge in [0.15, 0.2) is 5.82 Å². The van der Waals surface area contributed by atoms with E-state index in [4.69, 9.17) is 16.9 Å². The maximum absolute atomic E-state index is 8.57. The van der Waals surface area contributed by atoms with Gasteiger partial charge in [-0.3, -0.25) is 4.40 Å². The smallest absolute Gasteiger partial charge is 0.256 e. The summed E-state index contributed by atoms with van der Waals surface area (Å²) in [4.78, 5) is 3.93. The fourth-order valence-corrected chi connectivity index (χ4v) is 1.17. The summed E-state index contributed by atoms with van der Waals surface area (Å²) in [5.74, 6) is 1.29. The van der Waals surface area contributed by atoms with Gasteiger partial charge in [0.1, 0.15) is 11.8 Å². The minimum absolute atomic E-state index is 0.273. The molecule has 0 aliphatic heterocycles. The molecule has 2 aromatic heterocycles. The number of nitrogens with zero attached hydrogens (tertiary/aromatic N) is 5. The molecule has 0 saturated heterocycles. The fraction of sp³-hybridized carbons (Fsp3) is 0.143. The first-order chi connectivity index (χ1) is 6.35. The van der Waals surface area contributed by atoms with Crippen LogP contribution in [0.15, 0.2) is 12.3 Å². The molecule has 0 aliphatic carbocycles. The highest BCUT2D eigenvalue weighted by atomic mass is 35.5. The summed E-state index contributed by atoms with van der Waals surface area (Å²) in [7, 11) is 0. The molecule has 0 aliphatic rings. The van der Waals surface area contributed by atoms with Crippen molar-refractivity contribution in [2.75, 3.05) is 0 Å². The predicted molar refractivity (Wildman–Crippen MR) is 45.1 cm³/mol. The fourth-order valence-electron chi connectivity index (χ4n) is 0.987. The lowest BCUT2D eigenvalue weighted by molar-refractivity contribution is 0.983. The van der Waals surface area contributed by atoms with Crippen LogP contribution in [-0.2, 0) is 5.88 Å². The molecule has 0 bridgehead atoms. The zero-order chi connectivity index (χ0) is 9.26. The highest BCUT2D eigenvalue weighted by molar-refractivity contribution is 6.16. The third kappa shape index (κ3) is 1.21. The van der Waals surface area contributed by atoms with Gasteiger partial charge >= 0.3 is 0 Å². The van der Waals surface area contributed by atoms with Crippen LogP contribution in [0.25, 0.3) is 5.78 Å². The summed E-state index contributed by atoms with van der Waals surface area (Å²) in [5.41, 5.74) is 0.320. The standard InChI is InChI=1S/C7H4ClN5/c8-3-6-11-12-7-10-5(4-9)1-2-13(6)7/h1-2H,3H2. The third-order valence-corrected chi connectivity index (χ3v) is 1.82. The van der Waals surface area contributed by atoms with Gasteiger partial charge in [-0.1, -0.05) is 0 Å². The Morgan fingerprint density at radius 1 is 1.54 bits per heavy atom. The van der Waals surface area contributed by atoms with E-state index in [-0.39, 0.29) is 5.88 Å². The van der Waals surface area contributed by atoms with E-state index in [1.165, 1.54) is 0 Å². The van der Waals surface area contributed by atoms with Crippen LogP contribution in [0.5, 0.6) is 0 Å². The zero-order valence-corrected chi connectivity index (χ0v) is 7.23. The van der Waals surface area contributed by atoms with Gasteiger partial charge in [-0.2, -0.15) is 5.26 Å². The van der Waals surface area contributed by atoms with Crippen LogP contribution < -0.4 is 0 Å². The van der Waals surface area contributed by atoms with Crippen LogP contribution >= 0.6 is 11.6 Å². The molecule has 0 amide bonds. The Balaban J connectivity index is 2.70. The van der Waals surface area contributed by atoms with Gasteiger partial charge in [0.2, 0.25) is 0 Å². The summed E-state index contributed by atoms with van der Waals surface area (Å²) in [6.45, 7) is 0. The van der Waals surface area contributed by atoms with Crippen molar-refractivity contribution >= 4 is 17.4 Å². The molecule has 0 atom stereocenters. The monoisotopic (exact) mass is 193 g/mol. The largest absolute Gasteiger partial charge is 0.269 e. The summed E-state index contributed by atoms with van der Waals surface area (Å²) in [5, 5.41) is 16.1. The van der Waals surface area contributed by atoms with Crippen molar-refractivity contribution in [2.45, 2.75) is 5.88 Å². The molecular weight excluding hydrogens is 190 g/mol. The van der Waals surface area contributed by atoms with Crippen molar-refractivity contribution in [3.05, 3.63) is 23.8 Å². The molecule has 0 N–H and O–H groups in total. The summed E-state index contributed by atoms with van der Waals surface area (Å²) < 4.78 is 1.65. The summed E-state index contributed by atoms with van der Waals surface area (Å²) >= 11 is 5.60. The Morgan fingerprint density at radius 2 is 2.38 bits per heavy atom. The molecule has 2 aromatic rings. The van der Waals surface area contributed by atoms with Gasteiger partial charge in [0.05, 0.1) is 5.88 Å². The molecule has 0 aromatic carbocycles. The first kappa shape index (κ1) is 7.95. The van der Waals surface area contributed by atoms with Crippen molar-refractivity contribution in [1.82, 2.24) is 19.6 Å². The van der Waals surface area contributed by atoms with Crippen molar-refractivity contribution in [3.8, 4) is 6.07 Å². The van der Waals surface area contributed by atoms with Crippen LogP contribution in [0.2, 0.25) is 0 Å². The van der Waals surface area contributed by atoms with Gasteiger partial charge in [-0.15, -0.1) is 21.8 Å². The molecule has 0 fully saturated rings. The molecule has 6 heteroatoms. The van der Waals surface area contributed by atoms with E-state index in [1.54, 1.807) is 16.7 Å². The maximum atomic E-state index is 8.57. The predicted octanol–water partition coefficient (Wildman–Crippen LogP) is 0.735. The lowest BCUT2D eigenvalue weighted by Gasteiger charge is -1.93. The normalized spacial score (nSPS) is 10.2. The van der Waals surface area contributed by atoms with Gasteiger partial charge in [-0.25, -0.2) is 4.98 Å². The van der Waals surface area contributed by atoms with Crippen LogP contribution in [0.1, 0.15) is 11.5 Å². The second kappa shape index (κ2) is 2.99. The number of nitriles is 1. The van der Waals surface area contributed by atoms with Crippen molar-refractivity contribution in [3.63, 3.8) is 0 Å². The average Bonchev–Trinajstić information content (AvgIpc) is 2.59. The average molecular weight is 194 g/mol. The molecule has 0 unspecified atom stereocenters. The van der Waals surface area contributed by atoms with Crippen LogP contribution in [0.3, 0.4) is 0 Å². The van der Waals surface area contributed by atoms with E-state index in [1.807, 2.05) is 6.07 Å². The lowest BCUT2D eigenvalue weighted by Crippen LogP contribution is -1.94. The van der Waals surface area contributed by atoms with Crippen LogP contribution in [0.4, 0.5) is 0 Å². The maximum Gasteiger partial charge on any atom is 0.256 e. The molecule has 64 valence electrons. The Hall–Kier alpha value is -1.67. The van der Waals surface area contributed by atoms with Crippen molar-refractivity contribution in [1.29, 1.82) is 5.26 Å². The Morgan fingerprint density at radius 3 is 3.08 bits per heavy atom. The van der Waals surface area contributed by atoms with Crippen LogP contribution in [0, 0.1) is 11.3 Å². The minimum Gasteiger partial charge on any atom is -0.269 e. The SMILES string of the molecule is N#Cc1ccn2c(CCl)nnc2n1. The first-order valence-corrected chi connectivity index (χ1v) is 4.05. The zero-order valence-electron chi connectivity index (χ0n) is 6.48. The van der Waals surface area contributed by atoms with E-state index >= 15 is 0 Å². The summed E-state index contributed by atoms with van der Waals surface area (Å²) in [6.07, 6.45) is 1.68. The number of hydrogen-bond donors (Lipinski definition) is 0. The number of hydrogen-bond acceptors (Lipinski definition) is 4. The molecule has 5 nitrogen and oxygen atoms in total. The van der Waals surface area contributed by atoms with E-state index in [9.17, 15) is 0 Å². The second-order valence-corrected chi connectivity index (χ2v) is 2.61. The quantitative estimate of drug-likeness (QED) is 0.627. The van der Waals surface area contributed by atoms with Crippen molar-refractivity contribution < 1.29 is 0 Å². The first-order valence-electron chi connectivity index (χ1n) is 3.52. The topological polar surface area (TPSA) is 66.9 Å². The lowest BCUT2D eigenvalue weighted by atomic mass is 10.4. The van der Waals surface area contributed by atoms with E-state index < -0.39 is 0 Å². The van der Waals surface area contributed by atoms with Gasteiger partial charge in [-0.05, 0) is 6.07 Å². The highest BCUT2D eigenvalue weighted by Gasteiger charge is 2.04. The van der Waals surface area contributed by atoms with E-state index in [0.717, 1.165) is 0 Å². The Kier molecular flexibility index (Phi) is 1.83. The van der Waals surface area contributed by atoms with E-state index in [0.29, 0.717) is 17.3 Å². The number of aromatic nitrogens is 4. The Bertz CT molecular complexity index is 483. The molecule has 2 rings (SSSR count). The minimum atomic E-state index is 0.273. The molecule has 2 heterocycles. The number of rotatable bonds is 1. The number of halogens is 1. The molecule has 13 heavy (non-hydrogen) atoms. The van der Waals surface area contributed by atoms with Gasteiger partial charge < -0.3 is 0 Å². The molecule has 0 radical (unpaired) electrons. The third-order valence-electron chi connectivity index (χ3n) is 1.58. The van der Waals surface area contributed by atoms with Crippen LogP contribution in [-0.4, -0.2) is 19.6 Å². The highest BCUT2D eigenvalue weighted by Crippen LogP contribution is 2.04.